The summed E-state index contributed by atoms with van der Waals surface area (Å²) in [6.07, 6.45) is 1.83. The van der Waals surface area contributed by atoms with Gasteiger partial charge in [-0.3, -0.25) is 0 Å². The van der Waals surface area contributed by atoms with Crippen molar-refractivity contribution in [1.82, 2.24) is 0 Å². The van der Waals surface area contributed by atoms with Gasteiger partial charge in [-0.1, -0.05) is 0 Å². The summed E-state index contributed by atoms with van der Waals surface area (Å²) in [6, 6.07) is 4.32. The zero-order valence-electron chi connectivity index (χ0n) is 10.2. The van der Waals surface area contributed by atoms with Crippen molar-refractivity contribution in [1.29, 1.82) is 0 Å². The highest BCUT2D eigenvalue weighted by molar-refractivity contribution is 5.94. The Morgan fingerprint density at radius 1 is 1.28 bits per heavy atom. The maximum absolute atomic E-state index is 11.5. The lowest BCUT2D eigenvalue weighted by Gasteiger charge is -2.08. The van der Waals surface area contributed by atoms with Gasteiger partial charge < -0.3 is 14.9 Å². The highest BCUT2D eigenvalue weighted by Crippen LogP contribution is 2.16. The van der Waals surface area contributed by atoms with Crippen LogP contribution in [-0.4, -0.2) is 35.9 Å². The van der Waals surface area contributed by atoms with E-state index in [1.807, 2.05) is 0 Å². The molecule has 0 bridgehead atoms. The maximum Gasteiger partial charge on any atom is 0.338 e. The Morgan fingerprint density at radius 2 is 2.00 bits per heavy atom. The number of hydrogen-bond acceptors (Lipinski definition) is 4. The number of hydrogen-bond donors (Lipinski definition) is 2. The Labute approximate surface area is 105 Å². The minimum Gasteiger partial charge on any atom is -0.478 e. The van der Waals surface area contributed by atoms with Crippen LogP contribution in [-0.2, 0) is 11.2 Å². The highest BCUT2D eigenvalue weighted by atomic mass is 16.5. The molecule has 0 fully saturated rings. The number of unbranched alkanes of at least 4 members (excludes halogenated alkanes) is 1. The van der Waals surface area contributed by atoms with Crippen molar-refractivity contribution in [3.05, 3.63) is 34.9 Å². The minimum atomic E-state index is -1.03. The average Bonchev–Trinajstić information content (AvgIpc) is 2.38. The minimum absolute atomic E-state index is 0.0756. The van der Waals surface area contributed by atoms with Crippen LogP contribution in [0.2, 0.25) is 0 Å². The molecule has 0 aromatic heterocycles. The second-order valence-corrected chi connectivity index (χ2v) is 3.85. The van der Waals surface area contributed by atoms with E-state index in [0.29, 0.717) is 30.4 Å². The van der Waals surface area contributed by atoms with E-state index in [2.05, 4.69) is 4.74 Å². The van der Waals surface area contributed by atoms with E-state index < -0.39 is 11.9 Å². The van der Waals surface area contributed by atoms with E-state index in [4.69, 9.17) is 10.2 Å². The zero-order chi connectivity index (χ0) is 13.5. The maximum atomic E-state index is 11.5. The first-order valence-corrected chi connectivity index (χ1v) is 5.65. The van der Waals surface area contributed by atoms with Gasteiger partial charge in [0, 0.05) is 6.61 Å². The van der Waals surface area contributed by atoms with Crippen LogP contribution >= 0.6 is 0 Å². The molecule has 0 radical (unpaired) electrons. The summed E-state index contributed by atoms with van der Waals surface area (Å²) in [5.41, 5.74) is 1.15. The van der Waals surface area contributed by atoms with Crippen molar-refractivity contribution >= 4 is 11.9 Å². The summed E-state index contributed by atoms with van der Waals surface area (Å²) in [7, 11) is 1.28. The van der Waals surface area contributed by atoms with Gasteiger partial charge in [-0.25, -0.2) is 9.59 Å². The van der Waals surface area contributed by atoms with Crippen LogP contribution in [0.25, 0.3) is 0 Å². The van der Waals surface area contributed by atoms with Crippen LogP contribution in [0.15, 0.2) is 18.2 Å². The zero-order valence-corrected chi connectivity index (χ0v) is 10.2. The molecule has 98 valence electrons. The number of rotatable bonds is 6. The molecule has 0 spiro atoms. The van der Waals surface area contributed by atoms with Crippen LogP contribution in [0.4, 0.5) is 0 Å². The number of carboxylic acids is 1. The largest absolute Gasteiger partial charge is 0.478 e. The third-order valence-corrected chi connectivity index (χ3v) is 2.61. The third-order valence-electron chi connectivity index (χ3n) is 2.61. The van der Waals surface area contributed by atoms with Gasteiger partial charge in [0.2, 0.25) is 0 Å². The first-order valence-electron chi connectivity index (χ1n) is 5.65. The van der Waals surface area contributed by atoms with E-state index in [1.165, 1.54) is 25.3 Å². The first-order chi connectivity index (χ1) is 8.60. The molecule has 18 heavy (non-hydrogen) atoms. The number of esters is 1. The van der Waals surface area contributed by atoms with Gasteiger partial charge in [0.25, 0.3) is 0 Å². The van der Waals surface area contributed by atoms with Crippen molar-refractivity contribution in [2.75, 3.05) is 13.7 Å². The van der Waals surface area contributed by atoms with Crippen LogP contribution in [0.5, 0.6) is 0 Å². The predicted molar refractivity (Wildman–Crippen MR) is 64.8 cm³/mol. The fraction of sp³-hybridized carbons (Fsp3) is 0.385. The first kappa shape index (κ1) is 14.2. The molecule has 0 aliphatic carbocycles. The molecule has 5 heteroatoms. The van der Waals surface area contributed by atoms with Crippen molar-refractivity contribution in [2.24, 2.45) is 0 Å². The molecule has 0 aliphatic heterocycles. The molecule has 0 heterocycles. The summed E-state index contributed by atoms with van der Waals surface area (Å²) >= 11 is 0. The number of carbonyl (C=O) groups is 2. The molecule has 5 nitrogen and oxygen atoms in total. The molecule has 2 N–H and O–H groups in total. The number of aliphatic hydroxyl groups is 1. The molecule has 0 saturated carbocycles. The summed E-state index contributed by atoms with van der Waals surface area (Å²) < 4.78 is 4.65. The van der Waals surface area contributed by atoms with Gasteiger partial charge in [-0.05, 0) is 43.0 Å². The number of carboxylic acid groups (broad SMARTS) is 1. The molecule has 1 aromatic rings. The molecule has 0 amide bonds. The monoisotopic (exact) mass is 252 g/mol. The van der Waals surface area contributed by atoms with E-state index in [0.717, 1.165) is 0 Å². The quantitative estimate of drug-likeness (QED) is 0.592. The highest BCUT2D eigenvalue weighted by Gasteiger charge is 2.14. The number of aryl methyl sites for hydroxylation is 1. The second kappa shape index (κ2) is 6.76. The fourth-order valence-corrected chi connectivity index (χ4v) is 1.67. The number of aliphatic hydroxyl groups excluding tert-OH is 1. The van der Waals surface area contributed by atoms with Crippen LogP contribution < -0.4 is 0 Å². The summed E-state index contributed by atoms with van der Waals surface area (Å²) in [4.78, 5) is 22.4. The molecule has 0 unspecified atom stereocenters. The number of ether oxygens (including phenoxy) is 1. The van der Waals surface area contributed by atoms with Gasteiger partial charge in [0.1, 0.15) is 0 Å². The van der Waals surface area contributed by atoms with Gasteiger partial charge in [-0.15, -0.1) is 0 Å². The Morgan fingerprint density at radius 3 is 2.56 bits per heavy atom. The lowest BCUT2D eigenvalue weighted by atomic mass is 9.99. The van der Waals surface area contributed by atoms with E-state index in [9.17, 15) is 9.59 Å². The molecular formula is C13H16O5. The van der Waals surface area contributed by atoms with Crippen LogP contribution in [0.1, 0.15) is 39.1 Å². The van der Waals surface area contributed by atoms with Crippen LogP contribution in [0.3, 0.4) is 0 Å². The molecule has 1 rings (SSSR count). The number of carbonyl (C=O) groups excluding carboxylic acids is 1. The molecule has 0 atom stereocenters. The van der Waals surface area contributed by atoms with Gasteiger partial charge in [-0.2, -0.15) is 0 Å². The van der Waals surface area contributed by atoms with Crippen molar-refractivity contribution in [3.8, 4) is 0 Å². The summed E-state index contributed by atoms with van der Waals surface area (Å²) in [5, 5.41) is 17.6. The van der Waals surface area contributed by atoms with Crippen LogP contribution in [0, 0.1) is 0 Å². The third kappa shape index (κ3) is 3.56. The predicted octanol–water partition coefficient (Wildman–Crippen LogP) is 1.49. The van der Waals surface area contributed by atoms with E-state index in [-0.39, 0.29) is 12.2 Å². The normalized spacial score (nSPS) is 10.1. The Bertz CT molecular complexity index is 439. The topological polar surface area (TPSA) is 83.8 Å². The smallest absolute Gasteiger partial charge is 0.338 e. The van der Waals surface area contributed by atoms with E-state index in [1.54, 1.807) is 0 Å². The number of benzene rings is 1. The lowest BCUT2D eigenvalue weighted by molar-refractivity contribution is 0.0597. The molecule has 0 aliphatic rings. The van der Waals surface area contributed by atoms with Gasteiger partial charge >= 0.3 is 11.9 Å². The summed E-state index contributed by atoms with van der Waals surface area (Å²) in [5.74, 6) is -1.51. The SMILES string of the molecule is COC(=O)c1ccc(C(=O)O)cc1CCCCO. The van der Waals surface area contributed by atoms with Crippen molar-refractivity contribution in [3.63, 3.8) is 0 Å². The molecule has 1 aromatic carbocycles. The van der Waals surface area contributed by atoms with Gasteiger partial charge in [0.05, 0.1) is 18.2 Å². The Hall–Kier alpha value is -1.88. The number of methoxy groups -OCH3 is 1. The van der Waals surface area contributed by atoms with E-state index >= 15 is 0 Å². The standard InChI is InChI=1S/C13H16O5/c1-18-13(17)11-6-5-10(12(15)16)8-9(11)4-2-3-7-14/h5-6,8,14H,2-4,7H2,1H3,(H,15,16). The molecular weight excluding hydrogens is 236 g/mol. The number of aromatic carboxylic acids is 1. The van der Waals surface area contributed by atoms with Crippen molar-refractivity contribution < 1.29 is 24.5 Å². The van der Waals surface area contributed by atoms with Crippen molar-refractivity contribution in [2.45, 2.75) is 19.3 Å². The Balaban J connectivity index is 3.01. The lowest BCUT2D eigenvalue weighted by Crippen LogP contribution is -2.08. The van der Waals surface area contributed by atoms with Gasteiger partial charge in [0.15, 0.2) is 0 Å². The Kier molecular flexibility index (Phi) is 5.32. The molecule has 0 saturated heterocycles. The second-order valence-electron chi connectivity index (χ2n) is 3.85. The summed E-state index contributed by atoms with van der Waals surface area (Å²) in [6.45, 7) is 0.0756. The fourth-order valence-electron chi connectivity index (χ4n) is 1.67. The average molecular weight is 252 g/mol.